The molecule has 2 aliphatic rings. The summed E-state index contributed by atoms with van der Waals surface area (Å²) in [4.78, 5) is 4.12. The molecule has 0 radical (unpaired) electrons. The van der Waals surface area contributed by atoms with Crippen LogP contribution in [0.1, 0.15) is 35.4 Å². The number of hydrogen-bond acceptors (Lipinski definition) is 6. The van der Waals surface area contributed by atoms with Gasteiger partial charge in [-0.05, 0) is 42.5 Å². The largest absolute Gasteiger partial charge is 0.493 e. The molecule has 0 aliphatic carbocycles. The second kappa shape index (κ2) is 7.94. The van der Waals surface area contributed by atoms with Crippen LogP contribution in [0.5, 0.6) is 17.2 Å². The number of hydrazone groups is 1. The average molecular weight is 456 g/mol. The second-order valence-electron chi connectivity index (χ2n) is 7.27. The van der Waals surface area contributed by atoms with Crippen molar-refractivity contribution in [1.29, 1.82) is 0 Å². The smallest absolute Gasteiger partial charge is 0.214 e. The number of aromatic nitrogens is 1. The van der Waals surface area contributed by atoms with E-state index in [1.807, 2.05) is 41.4 Å². The average Bonchev–Trinajstić information content (AvgIpc) is 3.24. The molecule has 0 unspecified atom stereocenters. The number of benzene rings is 2. The van der Waals surface area contributed by atoms with E-state index in [0.29, 0.717) is 33.7 Å². The van der Waals surface area contributed by atoms with E-state index in [1.165, 1.54) is 0 Å². The van der Waals surface area contributed by atoms with E-state index in [0.717, 1.165) is 22.4 Å². The number of fused-ring (bicyclic) bond motifs is 3. The Morgan fingerprint density at radius 2 is 1.77 bits per heavy atom. The van der Waals surface area contributed by atoms with Crippen LogP contribution in [0.4, 0.5) is 0 Å². The zero-order chi connectivity index (χ0) is 21.5. The third kappa shape index (κ3) is 3.46. The van der Waals surface area contributed by atoms with Crippen molar-refractivity contribution >= 4 is 28.9 Å². The van der Waals surface area contributed by atoms with Gasteiger partial charge in [-0.1, -0.05) is 23.2 Å². The van der Waals surface area contributed by atoms with E-state index < -0.39 is 6.23 Å². The molecule has 31 heavy (non-hydrogen) atoms. The summed E-state index contributed by atoms with van der Waals surface area (Å²) in [7, 11) is 3.24. The molecule has 0 bridgehead atoms. The van der Waals surface area contributed by atoms with Gasteiger partial charge < -0.3 is 14.2 Å². The molecule has 0 saturated heterocycles. The van der Waals surface area contributed by atoms with Gasteiger partial charge in [0.25, 0.3) is 0 Å². The van der Waals surface area contributed by atoms with Gasteiger partial charge in [0.1, 0.15) is 5.75 Å². The highest BCUT2D eigenvalue weighted by molar-refractivity contribution is 6.35. The van der Waals surface area contributed by atoms with Gasteiger partial charge in [0.2, 0.25) is 6.23 Å². The molecule has 0 N–H and O–H groups in total. The van der Waals surface area contributed by atoms with Crippen LogP contribution in [0.15, 0.2) is 60.0 Å². The summed E-state index contributed by atoms with van der Waals surface area (Å²) < 4.78 is 17.2. The van der Waals surface area contributed by atoms with Crippen molar-refractivity contribution in [2.45, 2.75) is 18.7 Å². The third-order valence-electron chi connectivity index (χ3n) is 5.52. The monoisotopic (exact) mass is 455 g/mol. The van der Waals surface area contributed by atoms with E-state index in [1.54, 1.807) is 32.7 Å². The molecule has 158 valence electrons. The molecule has 3 heterocycles. The van der Waals surface area contributed by atoms with Crippen LogP contribution in [-0.2, 0) is 0 Å². The summed E-state index contributed by atoms with van der Waals surface area (Å²) in [6.07, 6.45) is 3.71. The predicted octanol–water partition coefficient (Wildman–Crippen LogP) is 5.65. The fourth-order valence-electron chi connectivity index (χ4n) is 4.05. The number of hydrogen-bond donors (Lipinski definition) is 0. The standard InChI is InChI=1S/C23H19Cl2N3O3/c1-29-20-4-3-14(9-21(20)30-2)18-12-19-16-10-15(24)11-17(25)22(16)31-23(28(19)27-18)13-5-7-26-8-6-13/h3-11,19,23H,12H2,1-2H3/t19-,23+/m0/s1. The quantitative estimate of drug-likeness (QED) is 0.508. The van der Waals surface area contributed by atoms with Crippen LogP contribution in [-0.4, -0.2) is 29.9 Å². The van der Waals surface area contributed by atoms with Gasteiger partial charge in [-0.15, -0.1) is 0 Å². The van der Waals surface area contributed by atoms with Crippen LogP contribution in [0.2, 0.25) is 10.0 Å². The van der Waals surface area contributed by atoms with E-state index in [4.69, 9.17) is 42.5 Å². The van der Waals surface area contributed by atoms with Gasteiger partial charge in [-0.2, -0.15) is 5.10 Å². The molecule has 0 spiro atoms. The Kier molecular flexibility index (Phi) is 5.12. The van der Waals surface area contributed by atoms with Crippen molar-refractivity contribution in [3.05, 3.63) is 81.6 Å². The normalized spacial score (nSPS) is 19.2. The van der Waals surface area contributed by atoms with Crippen LogP contribution >= 0.6 is 23.2 Å². The first-order chi connectivity index (χ1) is 15.1. The highest BCUT2D eigenvalue weighted by atomic mass is 35.5. The minimum atomic E-state index is -0.434. The molecular weight excluding hydrogens is 437 g/mol. The summed E-state index contributed by atoms with van der Waals surface area (Å²) in [5.41, 5.74) is 3.73. The molecule has 6 nitrogen and oxygen atoms in total. The van der Waals surface area contributed by atoms with Crippen molar-refractivity contribution in [1.82, 2.24) is 9.99 Å². The van der Waals surface area contributed by atoms with Crippen LogP contribution in [0.25, 0.3) is 0 Å². The van der Waals surface area contributed by atoms with Crippen molar-refractivity contribution in [2.24, 2.45) is 5.10 Å². The molecule has 5 rings (SSSR count). The van der Waals surface area contributed by atoms with Gasteiger partial charge in [0.15, 0.2) is 11.5 Å². The summed E-state index contributed by atoms with van der Waals surface area (Å²) in [5.74, 6) is 1.96. The summed E-state index contributed by atoms with van der Waals surface area (Å²) >= 11 is 12.8. The van der Waals surface area contributed by atoms with Crippen LogP contribution < -0.4 is 14.2 Å². The van der Waals surface area contributed by atoms with Gasteiger partial charge in [0, 0.05) is 40.5 Å². The van der Waals surface area contributed by atoms with Gasteiger partial charge in [-0.3, -0.25) is 4.98 Å². The number of methoxy groups -OCH3 is 2. The number of rotatable bonds is 4. The van der Waals surface area contributed by atoms with Crippen molar-refractivity contribution in [3.8, 4) is 17.2 Å². The lowest BCUT2D eigenvalue weighted by molar-refractivity contribution is -0.0189. The zero-order valence-corrected chi connectivity index (χ0v) is 18.4. The highest BCUT2D eigenvalue weighted by Crippen LogP contribution is 2.50. The summed E-state index contributed by atoms with van der Waals surface area (Å²) in [6.45, 7) is 0. The Morgan fingerprint density at radius 3 is 2.52 bits per heavy atom. The van der Waals surface area contributed by atoms with Crippen molar-refractivity contribution in [2.75, 3.05) is 14.2 Å². The molecule has 2 atom stereocenters. The van der Waals surface area contributed by atoms with Gasteiger partial charge in [-0.25, -0.2) is 5.01 Å². The predicted molar refractivity (Wildman–Crippen MR) is 119 cm³/mol. The number of halogens is 2. The van der Waals surface area contributed by atoms with Crippen molar-refractivity contribution in [3.63, 3.8) is 0 Å². The lowest BCUT2D eigenvalue weighted by atomic mass is 9.95. The van der Waals surface area contributed by atoms with E-state index in [2.05, 4.69) is 4.98 Å². The molecule has 8 heteroatoms. The lowest BCUT2D eigenvalue weighted by Crippen LogP contribution is -2.33. The first kappa shape index (κ1) is 20.0. The fourth-order valence-corrected chi connectivity index (χ4v) is 4.61. The first-order valence-electron chi connectivity index (χ1n) is 9.72. The molecule has 3 aromatic rings. The number of pyridine rings is 1. The third-order valence-corrected chi connectivity index (χ3v) is 6.02. The zero-order valence-electron chi connectivity index (χ0n) is 16.9. The van der Waals surface area contributed by atoms with Crippen molar-refractivity contribution < 1.29 is 14.2 Å². The maximum atomic E-state index is 6.51. The summed E-state index contributed by atoms with van der Waals surface area (Å²) in [6, 6.07) is 13.2. The Hall–Kier alpha value is -2.96. The summed E-state index contributed by atoms with van der Waals surface area (Å²) in [5, 5.41) is 7.97. The molecule has 2 aliphatic heterocycles. The van der Waals surface area contributed by atoms with Gasteiger partial charge in [0.05, 0.1) is 31.0 Å². The molecule has 1 aromatic heterocycles. The number of ether oxygens (including phenoxy) is 3. The SMILES string of the molecule is COc1ccc(C2=NN3[C@@H](c4ccncc4)Oc4c(Cl)cc(Cl)cc4[C@@H]3C2)cc1OC. The minimum absolute atomic E-state index is 0.0683. The van der Waals surface area contributed by atoms with E-state index >= 15 is 0 Å². The Morgan fingerprint density at radius 1 is 1.00 bits per heavy atom. The van der Waals surface area contributed by atoms with Crippen LogP contribution in [0, 0.1) is 0 Å². The van der Waals surface area contributed by atoms with Crippen LogP contribution in [0.3, 0.4) is 0 Å². The first-order valence-corrected chi connectivity index (χ1v) is 10.5. The fraction of sp³-hybridized carbons (Fsp3) is 0.217. The molecule has 0 fully saturated rings. The topological polar surface area (TPSA) is 56.2 Å². The second-order valence-corrected chi connectivity index (χ2v) is 8.12. The maximum Gasteiger partial charge on any atom is 0.214 e. The molecular formula is C23H19Cl2N3O3. The molecule has 2 aromatic carbocycles. The maximum absolute atomic E-state index is 6.51. The molecule has 0 saturated carbocycles. The van der Waals surface area contributed by atoms with E-state index in [9.17, 15) is 0 Å². The Bertz CT molecular complexity index is 1170. The van der Waals surface area contributed by atoms with E-state index in [-0.39, 0.29) is 6.04 Å². The highest BCUT2D eigenvalue weighted by Gasteiger charge is 2.42. The number of nitrogens with zero attached hydrogens (tertiary/aromatic N) is 3. The van der Waals surface area contributed by atoms with Gasteiger partial charge >= 0.3 is 0 Å². The lowest BCUT2D eigenvalue weighted by Gasteiger charge is -2.38. The molecule has 0 amide bonds. The Labute approximate surface area is 190 Å². The minimum Gasteiger partial charge on any atom is -0.493 e. The Balaban J connectivity index is 1.61.